The zero-order valence-corrected chi connectivity index (χ0v) is 8.45. The van der Waals surface area contributed by atoms with Crippen molar-refractivity contribution in [1.29, 1.82) is 0 Å². The molecule has 1 nitrogen and oxygen atoms in total. The van der Waals surface area contributed by atoms with E-state index in [0.29, 0.717) is 16.6 Å². The number of phenols is 1. The van der Waals surface area contributed by atoms with Crippen molar-refractivity contribution in [3.05, 3.63) is 17.7 Å². The second-order valence-corrected chi connectivity index (χ2v) is 4.63. The van der Waals surface area contributed by atoms with Crippen LogP contribution in [0, 0.1) is 0 Å². The highest BCUT2D eigenvalue weighted by atomic mass is 32.2. The molecule has 1 aromatic rings. The van der Waals surface area contributed by atoms with Gasteiger partial charge in [0.25, 0.3) is 0 Å². The normalized spacial score (nSPS) is 21.0. The van der Waals surface area contributed by atoms with Gasteiger partial charge in [-0.2, -0.15) is 0 Å². The summed E-state index contributed by atoms with van der Waals surface area (Å²) < 4.78 is 0. The molecule has 0 spiro atoms. The van der Waals surface area contributed by atoms with Crippen LogP contribution in [0.15, 0.2) is 21.9 Å². The van der Waals surface area contributed by atoms with E-state index in [1.807, 2.05) is 23.9 Å². The summed E-state index contributed by atoms with van der Waals surface area (Å²) in [5.41, 5.74) is 1.26. The monoisotopic (exact) mass is 198 g/mol. The zero-order chi connectivity index (χ0) is 8.72. The number of thiol groups is 1. The quantitative estimate of drug-likeness (QED) is 0.625. The molecule has 0 saturated heterocycles. The number of benzene rings is 1. The van der Waals surface area contributed by atoms with E-state index in [9.17, 15) is 5.11 Å². The predicted molar refractivity (Wildman–Crippen MR) is 54.5 cm³/mol. The third-order valence-electron chi connectivity index (χ3n) is 2.13. The van der Waals surface area contributed by atoms with Crippen molar-refractivity contribution >= 4 is 24.4 Å². The highest BCUT2D eigenvalue weighted by Gasteiger charge is 2.20. The summed E-state index contributed by atoms with van der Waals surface area (Å²) in [4.78, 5) is 1.95. The van der Waals surface area contributed by atoms with Crippen LogP contribution in [0.4, 0.5) is 0 Å². The minimum atomic E-state index is 0.298. The van der Waals surface area contributed by atoms with Crippen molar-refractivity contribution < 1.29 is 5.11 Å². The highest BCUT2D eigenvalue weighted by Crippen LogP contribution is 2.42. The molecule has 0 bridgehead atoms. The first-order valence-electron chi connectivity index (χ1n) is 3.87. The van der Waals surface area contributed by atoms with Crippen molar-refractivity contribution in [3.8, 4) is 5.75 Å². The molecule has 1 N–H and O–H groups in total. The lowest BCUT2D eigenvalue weighted by Crippen LogP contribution is -1.88. The Kier molecular flexibility index (Phi) is 2.00. The van der Waals surface area contributed by atoms with Crippen molar-refractivity contribution in [2.75, 3.05) is 5.75 Å². The minimum absolute atomic E-state index is 0.298. The van der Waals surface area contributed by atoms with Gasteiger partial charge in [-0.1, -0.05) is 6.92 Å². The molecule has 1 atom stereocenters. The molecule has 0 amide bonds. The number of phenolic OH excluding ortho intramolecular Hbond substituents is 1. The van der Waals surface area contributed by atoms with Crippen molar-refractivity contribution in [2.24, 2.45) is 0 Å². The van der Waals surface area contributed by atoms with Crippen molar-refractivity contribution in [2.45, 2.75) is 22.6 Å². The fraction of sp³-hybridized carbons (Fsp3) is 0.333. The number of fused-ring (bicyclic) bond motifs is 1. The van der Waals surface area contributed by atoms with Gasteiger partial charge in [-0.15, -0.1) is 24.4 Å². The van der Waals surface area contributed by atoms with Gasteiger partial charge in [-0.25, -0.2) is 0 Å². The maximum Gasteiger partial charge on any atom is 0.129 e. The SMILES string of the molecule is CC1CSc2cc(S)c(O)cc21. The van der Waals surface area contributed by atoms with Crippen LogP contribution in [0.5, 0.6) is 5.75 Å². The van der Waals surface area contributed by atoms with E-state index in [2.05, 4.69) is 19.6 Å². The Bertz CT molecular complexity index is 323. The molecule has 1 aromatic carbocycles. The Hall–Kier alpha value is -0.280. The topological polar surface area (TPSA) is 20.2 Å². The van der Waals surface area contributed by atoms with Gasteiger partial charge >= 0.3 is 0 Å². The minimum Gasteiger partial charge on any atom is -0.507 e. The average Bonchev–Trinajstić information content (AvgIpc) is 2.35. The smallest absolute Gasteiger partial charge is 0.129 e. The van der Waals surface area contributed by atoms with Crippen molar-refractivity contribution in [3.63, 3.8) is 0 Å². The van der Waals surface area contributed by atoms with E-state index in [4.69, 9.17) is 0 Å². The lowest BCUT2D eigenvalue weighted by Gasteiger charge is -2.05. The molecule has 1 heterocycles. The van der Waals surface area contributed by atoms with E-state index >= 15 is 0 Å². The number of aromatic hydroxyl groups is 1. The first kappa shape index (κ1) is 8.32. The second kappa shape index (κ2) is 2.89. The van der Waals surface area contributed by atoms with Crippen LogP contribution in [-0.2, 0) is 0 Å². The molecule has 2 rings (SSSR count). The lowest BCUT2D eigenvalue weighted by molar-refractivity contribution is 0.460. The third kappa shape index (κ3) is 1.21. The molecule has 0 saturated carbocycles. The van der Waals surface area contributed by atoms with E-state index < -0.39 is 0 Å². The summed E-state index contributed by atoms with van der Waals surface area (Å²) in [6.45, 7) is 2.18. The summed E-state index contributed by atoms with van der Waals surface area (Å²) in [6.07, 6.45) is 0. The van der Waals surface area contributed by atoms with E-state index in [-0.39, 0.29) is 0 Å². The van der Waals surface area contributed by atoms with Crippen LogP contribution in [0.1, 0.15) is 18.4 Å². The molecule has 0 fully saturated rings. The fourth-order valence-electron chi connectivity index (χ4n) is 1.39. The van der Waals surface area contributed by atoms with Crippen LogP contribution in [0.2, 0.25) is 0 Å². The molecule has 12 heavy (non-hydrogen) atoms. The number of hydrogen-bond donors (Lipinski definition) is 2. The molecule has 1 aliphatic rings. The number of hydrogen-bond acceptors (Lipinski definition) is 3. The van der Waals surface area contributed by atoms with Crippen LogP contribution < -0.4 is 0 Å². The average molecular weight is 198 g/mol. The Balaban J connectivity index is 2.56. The Labute approximate surface area is 81.6 Å². The maximum atomic E-state index is 9.42. The van der Waals surface area contributed by atoms with Gasteiger partial charge in [0.1, 0.15) is 5.75 Å². The highest BCUT2D eigenvalue weighted by molar-refractivity contribution is 7.99. The summed E-state index contributed by atoms with van der Waals surface area (Å²) in [5.74, 6) is 1.97. The zero-order valence-electron chi connectivity index (χ0n) is 6.74. The van der Waals surface area contributed by atoms with Gasteiger partial charge in [-0.3, -0.25) is 0 Å². The Morgan fingerprint density at radius 1 is 1.58 bits per heavy atom. The standard InChI is InChI=1S/C9H10OS2/c1-5-4-12-9-3-8(11)7(10)2-6(5)9/h2-3,5,10-11H,4H2,1H3. The molecular formula is C9H10OS2. The summed E-state index contributed by atoms with van der Waals surface area (Å²) >= 11 is 6.00. The molecule has 3 heteroatoms. The third-order valence-corrected chi connectivity index (χ3v) is 3.82. The maximum absolute atomic E-state index is 9.42. The first-order valence-corrected chi connectivity index (χ1v) is 5.30. The molecule has 0 aliphatic carbocycles. The molecule has 1 unspecified atom stereocenters. The van der Waals surface area contributed by atoms with E-state index in [0.717, 1.165) is 5.75 Å². The van der Waals surface area contributed by atoms with Gasteiger partial charge in [0.15, 0.2) is 0 Å². The van der Waals surface area contributed by atoms with Crippen LogP contribution >= 0.6 is 24.4 Å². The van der Waals surface area contributed by atoms with Gasteiger partial charge in [-0.05, 0) is 23.6 Å². The van der Waals surface area contributed by atoms with E-state index in [1.54, 1.807) is 0 Å². The second-order valence-electron chi connectivity index (χ2n) is 3.09. The summed E-state index contributed by atoms with van der Waals surface area (Å²) in [5, 5.41) is 9.42. The Morgan fingerprint density at radius 2 is 2.33 bits per heavy atom. The lowest BCUT2D eigenvalue weighted by atomic mass is 10.0. The molecular weight excluding hydrogens is 188 g/mol. The van der Waals surface area contributed by atoms with Crippen LogP contribution in [0.25, 0.3) is 0 Å². The number of rotatable bonds is 0. The molecule has 0 radical (unpaired) electrons. The van der Waals surface area contributed by atoms with Gasteiger partial charge < -0.3 is 5.11 Å². The van der Waals surface area contributed by atoms with Crippen LogP contribution in [0.3, 0.4) is 0 Å². The van der Waals surface area contributed by atoms with Gasteiger partial charge in [0.2, 0.25) is 0 Å². The molecule has 64 valence electrons. The van der Waals surface area contributed by atoms with Crippen LogP contribution in [-0.4, -0.2) is 10.9 Å². The summed E-state index contributed by atoms with van der Waals surface area (Å²) in [7, 11) is 0. The fourth-order valence-corrected chi connectivity index (χ4v) is 2.91. The summed E-state index contributed by atoms with van der Waals surface area (Å²) in [6, 6.07) is 3.78. The van der Waals surface area contributed by atoms with Crippen molar-refractivity contribution in [1.82, 2.24) is 0 Å². The van der Waals surface area contributed by atoms with Gasteiger partial charge in [0.05, 0.1) is 0 Å². The van der Waals surface area contributed by atoms with E-state index in [1.165, 1.54) is 10.5 Å². The number of thioether (sulfide) groups is 1. The van der Waals surface area contributed by atoms with Gasteiger partial charge in [0, 0.05) is 15.5 Å². The largest absolute Gasteiger partial charge is 0.507 e. The molecule has 1 aliphatic heterocycles. The first-order chi connectivity index (χ1) is 5.68. The molecule has 0 aromatic heterocycles. The predicted octanol–water partition coefficient (Wildman–Crippen LogP) is 2.89. The Morgan fingerprint density at radius 3 is 3.08 bits per heavy atom.